The van der Waals surface area contributed by atoms with Gasteiger partial charge in [0.2, 0.25) is 12.7 Å². The Morgan fingerprint density at radius 1 is 1.41 bits per heavy atom. The highest BCUT2D eigenvalue weighted by atomic mass is 32.2. The summed E-state index contributed by atoms with van der Waals surface area (Å²) in [7, 11) is 1.47. The van der Waals surface area contributed by atoms with E-state index in [0.717, 1.165) is 0 Å². The SMILES string of the molecule is COCC1=C(C(=O)OCOC(C)=O)N2C(=O)C(C(C)O)[C@H]2S1. The van der Waals surface area contributed by atoms with Gasteiger partial charge >= 0.3 is 11.9 Å². The number of nitrogens with zero attached hydrogens (tertiary/aromatic N) is 1. The van der Waals surface area contributed by atoms with Gasteiger partial charge in [-0.25, -0.2) is 4.79 Å². The van der Waals surface area contributed by atoms with Crippen LogP contribution in [0.2, 0.25) is 0 Å². The lowest BCUT2D eigenvalue weighted by Gasteiger charge is -2.43. The normalized spacial score (nSPS) is 24.7. The van der Waals surface area contributed by atoms with E-state index in [4.69, 9.17) is 9.47 Å². The summed E-state index contributed by atoms with van der Waals surface area (Å²) in [4.78, 5) is 36.8. The van der Waals surface area contributed by atoms with Crippen molar-refractivity contribution in [2.24, 2.45) is 5.92 Å². The third-order valence-electron chi connectivity index (χ3n) is 3.29. The number of esters is 2. The number of aliphatic hydroxyl groups excluding tert-OH is 1. The largest absolute Gasteiger partial charge is 0.428 e. The van der Waals surface area contributed by atoms with Crippen LogP contribution in [-0.2, 0) is 28.6 Å². The maximum atomic E-state index is 12.1. The summed E-state index contributed by atoms with van der Waals surface area (Å²) in [6.45, 7) is 2.36. The van der Waals surface area contributed by atoms with Crippen LogP contribution in [0.5, 0.6) is 0 Å². The van der Waals surface area contributed by atoms with Crippen LogP contribution in [0.15, 0.2) is 10.6 Å². The van der Waals surface area contributed by atoms with Crippen LogP contribution in [0.25, 0.3) is 0 Å². The number of carbonyl (C=O) groups excluding carboxylic acids is 3. The molecule has 0 radical (unpaired) electrons. The first-order valence-electron chi connectivity index (χ1n) is 6.58. The Kier molecular flexibility index (Phi) is 5.09. The molecular weight excluding hydrogens is 314 g/mol. The molecule has 0 aromatic rings. The Hall–Kier alpha value is -1.58. The summed E-state index contributed by atoms with van der Waals surface area (Å²) in [5.74, 6) is -2.24. The summed E-state index contributed by atoms with van der Waals surface area (Å²) in [6.07, 6.45) is -0.804. The molecule has 8 nitrogen and oxygen atoms in total. The van der Waals surface area contributed by atoms with E-state index in [-0.39, 0.29) is 23.6 Å². The third-order valence-corrected chi connectivity index (χ3v) is 4.63. The first kappa shape index (κ1) is 16.8. The Bertz CT molecular complexity index is 530. The van der Waals surface area contributed by atoms with Gasteiger partial charge in [-0.1, -0.05) is 11.8 Å². The van der Waals surface area contributed by atoms with Crippen molar-refractivity contribution in [1.29, 1.82) is 0 Å². The Balaban J connectivity index is 2.12. The second-order valence-corrected chi connectivity index (χ2v) is 6.08. The van der Waals surface area contributed by atoms with Gasteiger partial charge < -0.3 is 19.3 Å². The predicted octanol–water partition coefficient (Wildman–Crippen LogP) is -0.180. The molecule has 22 heavy (non-hydrogen) atoms. The van der Waals surface area contributed by atoms with Crippen molar-refractivity contribution in [2.45, 2.75) is 25.3 Å². The molecular formula is C13H17NO7S. The van der Waals surface area contributed by atoms with Crippen LogP contribution in [0, 0.1) is 5.92 Å². The van der Waals surface area contributed by atoms with E-state index in [9.17, 15) is 19.5 Å². The van der Waals surface area contributed by atoms with Crippen molar-refractivity contribution in [3.63, 3.8) is 0 Å². The number of rotatable bonds is 6. The molecule has 0 bridgehead atoms. The summed E-state index contributed by atoms with van der Waals surface area (Å²) in [5.41, 5.74) is 0.0888. The minimum atomic E-state index is -0.804. The van der Waals surface area contributed by atoms with Crippen molar-refractivity contribution in [1.82, 2.24) is 4.90 Å². The number of aliphatic hydroxyl groups is 1. The van der Waals surface area contributed by atoms with E-state index >= 15 is 0 Å². The van der Waals surface area contributed by atoms with Gasteiger partial charge in [-0.05, 0) is 6.92 Å². The van der Waals surface area contributed by atoms with Gasteiger partial charge in [0, 0.05) is 18.9 Å². The van der Waals surface area contributed by atoms with Crippen molar-refractivity contribution >= 4 is 29.6 Å². The van der Waals surface area contributed by atoms with Crippen LogP contribution in [0.1, 0.15) is 13.8 Å². The quantitative estimate of drug-likeness (QED) is 0.406. The number of methoxy groups -OCH3 is 1. The number of hydrogen-bond acceptors (Lipinski definition) is 8. The minimum Gasteiger partial charge on any atom is -0.428 e. The highest BCUT2D eigenvalue weighted by molar-refractivity contribution is 8.04. The Morgan fingerprint density at radius 3 is 2.64 bits per heavy atom. The Labute approximate surface area is 131 Å². The molecule has 2 rings (SSSR count). The van der Waals surface area contributed by atoms with E-state index < -0.39 is 30.8 Å². The molecule has 2 aliphatic rings. The smallest absolute Gasteiger partial charge is 0.358 e. The van der Waals surface area contributed by atoms with Crippen LogP contribution >= 0.6 is 11.8 Å². The van der Waals surface area contributed by atoms with Gasteiger partial charge in [-0.2, -0.15) is 0 Å². The van der Waals surface area contributed by atoms with Gasteiger partial charge in [0.1, 0.15) is 11.1 Å². The Morgan fingerprint density at radius 2 is 2.09 bits per heavy atom. The van der Waals surface area contributed by atoms with Crippen molar-refractivity contribution in [2.75, 3.05) is 20.5 Å². The summed E-state index contributed by atoms with van der Waals surface area (Å²) in [6, 6.07) is 0. The van der Waals surface area contributed by atoms with E-state index in [1.807, 2.05) is 0 Å². The molecule has 122 valence electrons. The van der Waals surface area contributed by atoms with Gasteiger partial charge in [0.05, 0.1) is 18.6 Å². The molecule has 0 spiro atoms. The average molecular weight is 331 g/mol. The molecule has 0 aromatic heterocycles. The maximum Gasteiger partial charge on any atom is 0.358 e. The second-order valence-electron chi connectivity index (χ2n) is 4.87. The number of thioether (sulfide) groups is 1. The lowest BCUT2D eigenvalue weighted by atomic mass is 9.92. The number of amides is 1. The number of ether oxygens (including phenoxy) is 3. The monoisotopic (exact) mass is 331 g/mol. The van der Waals surface area contributed by atoms with Crippen molar-refractivity contribution in [3.05, 3.63) is 10.6 Å². The molecule has 1 N–H and O–H groups in total. The van der Waals surface area contributed by atoms with E-state index in [0.29, 0.717) is 4.91 Å². The predicted molar refractivity (Wildman–Crippen MR) is 75.0 cm³/mol. The van der Waals surface area contributed by atoms with Crippen LogP contribution in [0.4, 0.5) is 0 Å². The highest BCUT2D eigenvalue weighted by Crippen LogP contribution is 2.50. The summed E-state index contributed by atoms with van der Waals surface area (Å²) in [5, 5.41) is 9.31. The van der Waals surface area contributed by atoms with E-state index in [1.165, 1.54) is 37.6 Å². The highest BCUT2D eigenvalue weighted by Gasteiger charge is 2.57. The average Bonchev–Trinajstić information content (AvgIpc) is 2.72. The lowest BCUT2D eigenvalue weighted by molar-refractivity contribution is -0.168. The summed E-state index contributed by atoms with van der Waals surface area (Å²) < 4.78 is 14.4. The zero-order valence-corrected chi connectivity index (χ0v) is 13.2. The third kappa shape index (κ3) is 2.96. The molecule has 0 aliphatic carbocycles. The second kappa shape index (κ2) is 6.67. The maximum absolute atomic E-state index is 12.1. The molecule has 9 heteroatoms. The summed E-state index contributed by atoms with van der Waals surface area (Å²) >= 11 is 1.29. The fraction of sp³-hybridized carbons (Fsp3) is 0.615. The molecule has 2 heterocycles. The van der Waals surface area contributed by atoms with Crippen LogP contribution < -0.4 is 0 Å². The van der Waals surface area contributed by atoms with Crippen molar-refractivity contribution < 1.29 is 33.7 Å². The first-order chi connectivity index (χ1) is 10.4. The van der Waals surface area contributed by atoms with Crippen LogP contribution in [-0.4, -0.2) is 59.8 Å². The fourth-order valence-corrected chi connectivity index (χ4v) is 3.89. The molecule has 1 amide bonds. The fourth-order valence-electron chi connectivity index (χ4n) is 2.31. The first-order valence-corrected chi connectivity index (χ1v) is 7.46. The van der Waals surface area contributed by atoms with Crippen molar-refractivity contribution in [3.8, 4) is 0 Å². The lowest BCUT2D eigenvalue weighted by Crippen LogP contribution is -2.60. The van der Waals surface area contributed by atoms with Crippen LogP contribution in [0.3, 0.4) is 0 Å². The molecule has 1 saturated heterocycles. The number of carbonyl (C=O) groups is 3. The van der Waals surface area contributed by atoms with Gasteiger partial charge in [-0.15, -0.1) is 0 Å². The number of β-lactam (4-membered cyclic amide) rings is 1. The zero-order chi connectivity index (χ0) is 16.4. The molecule has 2 aliphatic heterocycles. The van der Waals surface area contributed by atoms with E-state index in [1.54, 1.807) is 0 Å². The molecule has 0 aromatic carbocycles. The topological polar surface area (TPSA) is 102 Å². The van der Waals surface area contributed by atoms with E-state index in [2.05, 4.69) is 4.74 Å². The van der Waals surface area contributed by atoms with Gasteiger partial charge in [0.15, 0.2) is 0 Å². The molecule has 2 unspecified atom stereocenters. The number of hydrogen-bond donors (Lipinski definition) is 1. The number of fused-ring (bicyclic) bond motifs is 1. The van der Waals surface area contributed by atoms with Gasteiger partial charge in [0.25, 0.3) is 0 Å². The molecule has 0 saturated carbocycles. The molecule has 1 fully saturated rings. The molecule has 3 atom stereocenters. The zero-order valence-electron chi connectivity index (χ0n) is 12.4. The van der Waals surface area contributed by atoms with Gasteiger partial charge in [-0.3, -0.25) is 14.5 Å². The standard InChI is InChI=1S/C13H17NO7S/c1-6(15)9-11(17)14-10(8(4-19-3)22-12(9)14)13(18)21-5-20-7(2)16/h6,9,12,15H,4-5H2,1-3H3/t6?,9?,12-/m1/s1. The minimum absolute atomic E-state index is 0.0888.